The summed E-state index contributed by atoms with van der Waals surface area (Å²) < 4.78 is 93.8. The van der Waals surface area contributed by atoms with Crippen molar-refractivity contribution in [1.82, 2.24) is 0 Å². The van der Waals surface area contributed by atoms with E-state index in [1.54, 1.807) is 146 Å². The van der Waals surface area contributed by atoms with Gasteiger partial charge in [0.25, 0.3) is 0 Å². The van der Waals surface area contributed by atoms with Crippen molar-refractivity contribution in [1.29, 1.82) is 0 Å². The molecule has 510 valence electrons. The van der Waals surface area contributed by atoms with Crippen LogP contribution in [0.3, 0.4) is 0 Å². The van der Waals surface area contributed by atoms with Crippen molar-refractivity contribution >= 4 is 53.7 Å². The molecule has 3 heterocycles. The van der Waals surface area contributed by atoms with Gasteiger partial charge in [-0.05, 0) is 84.9 Å². The third-order valence-corrected chi connectivity index (χ3v) is 16.1. The van der Waals surface area contributed by atoms with E-state index in [9.17, 15) is 43.2 Å². The van der Waals surface area contributed by atoms with Crippen LogP contribution in [0, 0.1) is 11.8 Å². The van der Waals surface area contributed by atoms with E-state index in [1.807, 2.05) is 0 Å². The second-order valence-corrected chi connectivity index (χ2v) is 22.8. The van der Waals surface area contributed by atoms with Crippen molar-refractivity contribution in [3.63, 3.8) is 0 Å². The molecule has 3 saturated heterocycles. The minimum Gasteiger partial charge on any atom is -0.459 e. The summed E-state index contributed by atoms with van der Waals surface area (Å²) in [6.07, 6.45) is -21.2. The van der Waals surface area contributed by atoms with Crippen LogP contribution in [0.15, 0.2) is 212 Å². The lowest BCUT2D eigenvalue weighted by Crippen LogP contribution is -2.64. The summed E-state index contributed by atoms with van der Waals surface area (Å²) in [7, 11) is 1.23. The second-order valence-electron chi connectivity index (χ2n) is 22.8. The standard InChI is InChI=1S/C74H70O24/c1-44-55(41-85-65(77)47-26-12-5-13-27-47)91-73(63(97-70(82)52-36-22-10-23-37-52)58(44)94-67(79)49-30-16-7-17-31-49)87-40-54-59(89-45(2)75)56(92-72(84-4)60(54)90-46(3)76)43-88-74-64(98-71(83)53-38-24-11-25-39-53)62(96-69(81)51-34-20-9-21-35-51)61(95-68(80)50-32-18-8-19-33-50)57(93-74)42-86-66(78)48-28-14-6-15-29-48/h5-39,44,54-64,72-74H,40-43H2,1-4H3. The lowest BCUT2D eigenvalue weighted by molar-refractivity contribution is -0.332. The smallest absolute Gasteiger partial charge is 0.338 e. The Morgan fingerprint density at radius 1 is 0.296 bits per heavy atom. The molecule has 0 amide bonds. The highest BCUT2D eigenvalue weighted by Crippen LogP contribution is 2.38. The van der Waals surface area contributed by atoms with Crippen LogP contribution in [-0.2, 0) is 80.6 Å². The Labute approximate surface area is 563 Å². The largest absolute Gasteiger partial charge is 0.459 e. The maximum absolute atomic E-state index is 14.5. The Hall–Kier alpha value is -10.5. The zero-order valence-electron chi connectivity index (χ0n) is 53.5. The summed E-state index contributed by atoms with van der Waals surface area (Å²) in [6, 6.07) is 55.1. The van der Waals surface area contributed by atoms with Crippen LogP contribution in [0.2, 0.25) is 0 Å². The van der Waals surface area contributed by atoms with Crippen molar-refractivity contribution in [2.45, 2.75) is 101 Å². The van der Waals surface area contributed by atoms with Crippen molar-refractivity contribution < 1.29 is 114 Å². The SMILES string of the molecule is COC1OC(COC2OC(COC(=O)c3ccccc3)C(OC(=O)c3ccccc3)C(OC(=O)c3ccccc3)C2OC(=O)c2ccccc2)C(OC(C)=O)C(COC2OC(COC(=O)c3ccccc3)C(C)C(OC(=O)c3ccccc3)C2OC(=O)c2ccccc2)C1OC(C)=O. The zero-order valence-corrected chi connectivity index (χ0v) is 53.5. The van der Waals surface area contributed by atoms with Crippen LogP contribution >= 0.6 is 0 Å². The average molecular weight is 1340 g/mol. The predicted octanol–water partition coefficient (Wildman–Crippen LogP) is 8.80. The Balaban J connectivity index is 1.02. The third-order valence-electron chi connectivity index (χ3n) is 16.1. The van der Waals surface area contributed by atoms with E-state index in [0.717, 1.165) is 13.8 Å². The first-order valence-corrected chi connectivity index (χ1v) is 31.3. The molecule has 3 aliphatic heterocycles. The van der Waals surface area contributed by atoms with E-state index in [0.29, 0.717) is 0 Å². The van der Waals surface area contributed by atoms with Crippen LogP contribution in [0.5, 0.6) is 0 Å². The van der Waals surface area contributed by atoms with Gasteiger partial charge in [0.05, 0.1) is 58.1 Å². The Bertz CT molecular complexity index is 3810. The number of carbonyl (C=O) groups excluding carboxylic acids is 9. The van der Waals surface area contributed by atoms with Gasteiger partial charge in [-0.1, -0.05) is 134 Å². The van der Waals surface area contributed by atoms with Gasteiger partial charge < -0.3 is 71.1 Å². The Morgan fingerprint density at radius 2 is 0.582 bits per heavy atom. The van der Waals surface area contributed by atoms with Crippen molar-refractivity contribution in [3.05, 3.63) is 251 Å². The number of hydrogen-bond donors (Lipinski definition) is 0. The molecule has 10 rings (SSSR count). The lowest BCUT2D eigenvalue weighted by atomic mass is 9.88. The van der Waals surface area contributed by atoms with Crippen molar-refractivity contribution in [2.75, 3.05) is 33.5 Å². The van der Waals surface area contributed by atoms with Crippen LogP contribution < -0.4 is 0 Å². The molecule has 3 aliphatic rings. The number of ether oxygens (including phenoxy) is 15. The second kappa shape index (κ2) is 34.0. The summed E-state index contributed by atoms with van der Waals surface area (Å²) in [4.78, 5) is 126. The van der Waals surface area contributed by atoms with Gasteiger partial charge in [-0.3, -0.25) is 9.59 Å². The quantitative estimate of drug-likeness (QED) is 0.0381. The molecule has 3 fully saturated rings. The average Bonchev–Trinajstić information content (AvgIpc) is 0.786. The van der Waals surface area contributed by atoms with E-state index in [4.69, 9.17) is 71.1 Å². The molecule has 24 heteroatoms. The van der Waals surface area contributed by atoms with Gasteiger partial charge in [0.15, 0.2) is 49.4 Å². The van der Waals surface area contributed by atoms with Gasteiger partial charge in [0.1, 0.15) is 43.7 Å². The summed E-state index contributed by atoms with van der Waals surface area (Å²) in [6.45, 7) is 1.26. The maximum atomic E-state index is 14.5. The van der Waals surface area contributed by atoms with Crippen molar-refractivity contribution in [2.24, 2.45) is 11.8 Å². The molecule has 15 atom stereocenters. The monoisotopic (exact) mass is 1340 g/mol. The van der Waals surface area contributed by atoms with Crippen LogP contribution in [-0.4, -0.2) is 167 Å². The first-order valence-electron chi connectivity index (χ1n) is 31.3. The molecule has 0 spiro atoms. The highest BCUT2D eigenvalue weighted by molar-refractivity contribution is 5.93. The van der Waals surface area contributed by atoms with Crippen LogP contribution in [0.4, 0.5) is 0 Å². The zero-order chi connectivity index (χ0) is 69.1. The first kappa shape index (κ1) is 70.3. The van der Waals surface area contributed by atoms with Gasteiger partial charge in [0.2, 0.25) is 0 Å². The summed E-state index contributed by atoms with van der Waals surface area (Å²) in [5, 5.41) is 0. The molecule has 0 saturated carbocycles. The fourth-order valence-corrected chi connectivity index (χ4v) is 11.3. The lowest BCUT2D eigenvalue weighted by Gasteiger charge is -2.47. The van der Waals surface area contributed by atoms with Gasteiger partial charge in [-0.2, -0.15) is 0 Å². The number of methoxy groups -OCH3 is 1. The molecule has 0 N–H and O–H groups in total. The molecular formula is C74H70O24. The fourth-order valence-electron chi connectivity index (χ4n) is 11.3. The van der Waals surface area contributed by atoms with Gasteiger partial charge >= 0.3 is 53.7 Å². The maximum Gasteiger partial charge on any atom is 0.338 e. The van der Waals surface area contributed by atoms with Gasteiger partial charge in [-0.15, -0.1) is 0 Å². The molecule has 0 bridgehead atoms. The molecule has 7 aromatic carbocycles. The highest BCUT2D eigenvalue weighted by atomic mass is 16.8. The Morgan fingerprint density at radius 3 is 0.959 bits per heavy atom. The molecule has 15 unspecified atom stereocenters. The van der Waals surface area contributed by atoms with E-state index < -0.39 is 172 Å². The molecule has 0 radical (unpaired) electrons. The van der Waals surface area contributed by atoms with E-state index in [1.165, 1.54) is 79.9 Å². The van der Waals surface area contributed by atoms with Gasteiger partial charge in [0, 0.05) is 26.9 Å². The topological polar surface area (TPSA) is 292 Å². The van der Waals surface area contributed by atoms with E-state index >= 15 is 0 Å². The molecule has 0 aromatic heterocycles. The predicted molar refractivity (Wildman–Crippen MR) is 340 cm³/mol. The number of hydrogen-bond acceptors (Lipinski definition) is 24. The molecule has 98 heavy (non-hydrogen) atoms. The highest BCUT2D eigenvalue weighted by Gasteiger charge is 2.57. The number of rotatable bonds is 25. The first-order chi connectivity index (χ1) is 47.5. The summed E-state index contributed by atoms with van der Waals surface area (Å²) in [5.41, 5.74) is 0.646. The minimum absolute atomic E-state index is 0.0117. The molecule has 7 aromatic rings. The molecule has 0 aliphatic carbocycles. The number of carbonyl (C=O) groups is 9. The summed E-state index contributed by atoms with van der Waals surface area (Å²) in [5.74, 6) is -10.3. The van der Waals surface area contributed by atoms with E-state index in [2.05, 4.69) is 0 Å². The van der Waals surface area contributed by atoms with Crippen molar-refractivity contribution in [3.8, 4) is 0 Å². The minimum atomic E-state index is -1.91. The normalized spacial score (nSPS) is 25.0. The molecular weight excluding hydrogens is 1270 g/mol. The van der Waals surface area contributed by atoms with Crippen LogP contribution in [0.25, 0.3) is 0 Å². The number of benzene rings is 7. The third kappa shape index (κ3) is 18.1. The van der Waals surface area contributed by atoms with Crippen LogP contribution in [0.1, 0.15) is 93.3 Å². The summed E-state index contributed by atoms with van der Waals surface area (Å²) >= 11 is 0. The molecule has 24 nitrogen and oxygen atoms in total. The van der Waals surface area contributed by atoms with Gasteiger partial charge in [-0.25, -0.2) is 33.6 Å². The number of esters is 9. The van der Waals surface area contributed by atoms with E-state index in [-0.39, 0.29) is 38.9 Å². The fraction of sp³-hybridized carbons (Fsp3) is 0.311. The Kier molecular flexibility index (Phi) is 24.4.